The normalized spacial score (nSPS) is 20.2. The number of carbonyl (C=O) groups excluding carboxylic acids is 2. The number of thiophene rings is 1. The smallest absolute Gasteiger partial charge is 0.336 e. The van der Waals surface area contributed by atoms with Crippen LogP contribution in [0.15, 0.2) is 52.2 Å². The molecule has 2 aromatic rings. The molecule has 0 amide bonds. The zero-order chi connectivity index (χ0) is 23.7. The van der Waals surface area contributed by atoms with Crippen LogP contribution in [0.4, 0.5) is 0 Å². The summed E-state index contributed by atoms with van der Waals surface area (Å²) in [5, 5.41) is 5.37. The molecule has 0 bridgehead atoms. The van der Waals surface area contributed by atoms with Crippen LogP contribution in [-0.2, 0) is 14.3 Å². The molecule has 0 saturated heterocycles. The molecule has 2 aliphatic rings. The van der Waals surface area contributed by atoms with Crippen molar-refractivity contribution in [2.45, 2.75) is 31.6 Å². The Balaban J connectivity index is 1.89. The van der Waals surface area contributed by atoms with Gasteiger partial charge in [-0.25, -0.2) is 4.79 Å². The number of hydrogen-bond acceptors (Lipinski definition) is 8. The predicted octanol–water partition coefficient (Wildman–Crippen LogP) is 4.31. The summed E-state index contributed by atoms with van der Waals surface area (Å²) in [5.74, 6) is 0.368. The third-order valence-electron chi connectivity index (χ3n) is 6.20. The number of methoxy groups -OCH3 is 4. The molecular formula is C25H27NO6S. The summed E-state index contributed by atoms with van der Waals surface area (Å²) in [6.45, 7) is 1.83. The molecular weight excluding hydrogens is 442 g/mol. The first-order valence-corrected chi connectivity index (χ1v) is 11.5. The highest BCUT2D eigenvalue weighted by molar-refractivity contribution is 7.10. The molecule has 1 aromatic carbocycles. The lowest BCUT2D eigenvalue weighted by molar-refractivity contribution is -0.136. The Hall–Kier alpha value is -3.26. The quantitative estimate of drug-likeness (QED) is 0.631. The Kier molecular flexibility index (Phi) is 6.47. The van der Waals surface area contributed by atoms with Crippen LogP contribution >= 0.6 is 11.3 Å². The number of ether oxygens (including phenoxy) is 4. The first kappa shape index (κ1) is 22.9. The summed E-state index contributed by atoms with van der Waals surface area (Å²) in [4.78, 5) is 27.6. The van der Waals surface area contributed by atoms with Crippen LogP contribution < -0.4 is 19.5 Å². The minimum absolute atomic E-state index is 0.00908. The van der Waals surface area contributed by atoms with Crippen LogP contribution in [0, 0.1) is 0 Å². The van der Waals surface area contributed by atoms with E-state index in [1.165, 1.54) is 33.3 Å². The average Bonchev–Trinajstić information content (AvgIpc) is 3.36. The van der Waals surface area contributed by atoms with Crippen molar-refractivity contribution in [1.82, 2.24) is 5.32 Å². The second-order valence-electron chi connectivity index (χ2n) is 7.98. The molecule has 0 saturated carbocycles. The van der Waals surface area contributed by atoms with Crippen LogP contribution in [0.2, 0.25) is 0 Å². The van der Waals surface area contributed by atoms with Gasteiger partial charge in [0.15, 0.2) is 17.3 Å². The molecule has 4 rings (SSSR count). The van der Waals surface area contributed by atoms with E-state index in [4.69, 9.17) is 18.9 Å². The molecule has 2 atom stereocenters. The van der Waals surface area contributed by atoms with E-state index >= 15 is 0 Å². The van der Waals surface area contributed by atoms with Gasteiger partial charge in [-0.3, -0.25) is 4.79 Å². The second kappa shape index (κ2) is 9.31. The summed E-state index contributed by atoms with van der Waals surface area (Å²) in [5.41, 5.74) is 3.19. The molecule has 0 unspecified atom stereocenters. The van der Waals surface area contributed by atoms with Crippen LogP contribution in [0.3, 0.4) is 0 Å². The van der Waals surface area contributed by atoms with Gasteiger partial charge in [-0.15, -0.1) is 11.3 Å². The monoisotopic (exact) mass is 469 g/mol. The largest absolute Gasteiger partial charge is 0.493 e. The molecule has 0 fully saturated rings. The maximum atomic E-state index is 13.6. The minimum Gasteiger partial charge on any atom is -0.493 e. The van der Waals surface area contributed by atoms with Gasteiger partial charge in [0.2, 0.25) is 5.75 Å². The van der Waals surface area contributed by atoms with Crippen molar-refractivity contribution in [2.24, 2.45) is 0 Å². The number of esters is 1. The Morgan fingerprint density at radius 1 is 1.06 bits per heavy atom. The van der Waals surface area contributed by atoms with Crippen LogP contribution in [0.25, 0.3) is 0 Å². The third kappa shape index (κ3) is 3.99. The maximum Gasteiger partial charge on any atom is 0.336 e. The van der Waals surface area contributed by atoms with E-state index in [0.717, 1.165) is 5.70 Å². The molecule has 1 aliphatic heterocycles. The zero-order valence-electron chi connectivity index (χ0n) is 19.3. The van der Waals surface area contributed by atoms with Gasteiger partial charge in [0.05, 0.1) is 34.0 Å². The number of carbonyl (C=O) groups is 2. The third-order valence-corrected chi connectivity index (χ3v) is 7.23. The standard InChI is InChI=1S/C25H27NO6S/c1-13-21(25(28)32-5)22(15-11-18(29-2)24(31-4)19(12-15)30-3)23-16(26-13)9-14(10-17(23)27)20-7-6-8-33-20/h6-8,11-12,14,22,26H,9-10H2,1-5H3/t14-,22+/m1/s1. The Morgan fingerprint density at radius 3 is 2.30 bits per heavy atom. The number of allylic oxidation sites excluding steroid dienone is 3. The molecule has 1 aliphatic carbocycles. The van der Waals surface area contributed by atoms with Gasteiger partial charge in [-0.1, -0.05) is 6.07 Å². The van der Waals surface area contributed by atoms with E-state index in [0.29, 0.717) is 52.5 Å². The molecule has 0 radical (unpaired) electrons. The number of ketones is 1. The molecule has 8 heteroatoms. The number of hydrogen-bond donors (Lipinski definition) is 1. The lowest BCUT2D eigenvalue weighted by atomic mass is 9.72. The number of dihydropyridines is 1. The van der Waals surface area contributed by atoms with Gasteiger partial charge >= 0.3 is 5.97 Å². The van der Waals surface area contributed by atoms with Crippen molar-refractivity contribution >= 4 is 23.1 Å². The zero-order valence-corrected chi connectivity index (χ0v) is 20.1. The van der Waals surface area contributed by atoms with Gasteiger partial charge in [0, 0.05) is 40.1 Å². The number of rotatable bonds is 6. The summed E-state index contributed by atoms with van der Waals surface area (Å²) in [7, 11) is 5.95. The molecule has 2 heterocycles. The highest BCUT2D eigenvalue weighted by Crippen LogP contribution is 2.49. The Morgan fingerprint density at radius 2 is 1.76 bits per heavy atom. The van der Waals surface area contributed by atoms with Crippen LogP contribution in [0.5, 0.6) is 17.2 Å². The van der Waals surface area contributed by atoms with Crippen molar-refractivity contribution in [3.63, 3.8) is 0 Å². The molecule has 1 aromatic heterocycles. The summed E-state index contributed by atoms with van der Waals surface area (Å²) in [6, 6.07) is 7.64. The maximum absolute atomic E-state index is 13.6. The van der Waals surface area contributed by atoms with Gasteiger partial charge in [0.25, 0.3) is 0 Å². The lowest BCUT2D eigenvalue weighted by Gasteiger charge is -2.36. The first-order valence-electron chi connectivity index (χ1n) is 10.6. The number of benzene rings is 1. The fourth-order valence-electron chi connectivity index (χ4n) is 4.75. The highest BCUT2D eigenvalue weighted by Gasteiger charge is 2.42. The fourth-order valence-corrected chi connectivity index (χ4v) is 5.58. The number of Topliss-reactive ketones (excluding diaryl/α,β-unsaturated/α-hetero) is 1. The molecule has 7 nitrogen and oxygen atoms in total. The van der Waals surface area contributed by atoms with E-state index in [2.05, 4.69) is 11.4 Å². The topological polar surface area (TPSA) is 83.1 Å². The van der Waals surface area contributed by atoms with E-state index in [-0.39, 0.29) is 11.7 Å². The lowest BCUT2D eigenvalue weighted by Crippen LogP contribution is -2.35. The molecule has 33 heavy (non-hydrogen) atoms. The van der Waals surface area contributed by atoms with Crippen LogP contribution in [-0.4, -0.2) is 40.2 Å². The van der Waals surface area contributed by atoms with Crippen molar-refractivity contribution < 1.29 is 28.5 Å². The minimum atomic E-state index is -0.612. The van der Waals surface area contributed by atoms with Gasteiger partial charge in [0.1, 0.15) is 0 Å². The van der Waals surface area contributed by atoms with Crippen molar-refractivity contribution in [1.29, 1.82) is 0 Å². The molecule has 174 valence electrons. The number of nitrogens with one attached hydrogen (secondary N) is 1. The predicted molar refractivity (Wildman–Crippen MR) is 125 cm³/mol. The van der Waals surface area contributed by atoms with E-state index in [9.17, 15) is 9.59 Å². The van der Waals surface area contributed by atoms with Crippen molar-refractivity contribution in [2.75, 3.05) is 28.4 Å². The molecule has 0 spiro atoms. The Labute approximate surface area is 197 Å². The second-order valence-corrected chi connectivity index (χ2v) is 8.96. The first-order chi connectivity index (χ1) is 15.9. The van der Waals surface area contributed by atoms with Gasteiger partial charge in [-0.2, -0.15) is 0 Å². The van der Waals surface area contributed by atoms with Gasteiger partial charge in [-0.05, 0) is 42.5 Å². The highest BCUT2D eigenvalue weighted by atomic mass is 32.1. The van der Waals surface area contributed by atoms with Crippen molar-refractivity contribution in [3.05, 3.63) is 62.6 Å². The summed E-state index contributed by atoms with van der Waals surface area (Å²) < 4.78 is 21.6. The molecule has 1 N–H and O–H groups in total. The van der Waals surface area contributed by atoms with E-state index in [1.54, 1.807) is 23.5 Å². The van der Waals surface area contributed by atoms with Crippen LogP contribution in [0.1, 0.15) is 42.0 Å². The summed E-state index contributed by atoms with van der Waals surface area (Å²) in [6.07, 6.45) is 1.07. The van der Waals surface area contributed by atoms with Crippen molar-refractivity contribution in [3.8, 4) is 17.2 Å². The van der Waals surface area contributed by atoms with Gasteiger partial charge < -0.3 is 24.3 Å². The van der Waals surface area contributed by atoms with E-state index < -0.39 is 11.9 Å². The Bertz CT molecular complexity index is 1120. The average molecular weight is 470 g/mol. The fraction of sp³-hybridized carbons (Fsp3) is 0.360. The SMILES string of the molecule is COC(=O)C1=C(C)NC2=C(C(=O)C[C@H](c3cccs3)C2)[C@H]1c1cc(OC)c(OC)c(OC)c1. The van der Waals surface area contributed by atoms with E-state index in [1.807, 2.05) is 18.4 Å². The summed E-state index contributed by atoms with van der Waals surface area (Å²) >= 11 is 1.66.